The average Bonchev–Trinajstić information content (AvgIpc) is 2.27. The van der Waals surface area contributed by atoms with Gasteiger partial charge in [0.1, 0.15) is 0 Å². The molecule has 1 aliphatic carbocycles. The Labute approximate surface area is 89.5 Å². The van der Waals surface area contributed by atoms with Crippen LogP contribution in [0.3, 0.4) is 0 Å². The molecule has 0 amide bonds. The second kappa shape index (κ2) is 4.21. The van der Waals surface area contributed by atoms with Crippen molar-refractivity contribution >= 4 is 5.69 Å². The molecule has 0 aromatic heterocycles. The molecule has 2 rings (SSSR count). The highest BCUT2D eigenvalue weighted by Gasteiger charge is 2.28. The van der Waals surface area contributed by atoms with E-state index in [1.54, 1.807) is 0 Å². The van der Waals surface area contributed by atoms with Gasteiger partial charge in [-0.1, -0.05) is 6.07 Å². The molecule has 0 radical (unpaired) electrons. The van der Waals surface area contributed by atoms with Crippen LogP contribution in [0.5, 0.6) is 0 Å². The summed E-state index contributed by atoms with van der Waals surface area (Å²) in [7, 11) is 0. The smallest absolute Gasteiger partial charge is 0.0503 e. The average molecular weight is 207 g/mol. The standard InChI is InChI=1S/C12H17NO2/c13-10-4-3-8-1-2-9(6-14)12(7-15)11(8)5-10/h3-5,9,12,14-15H,1-2,6-7,13H2. The van der Waals surface area contributed by atoms with Gasteiger partial charge in [-0.05, 0) is 42.0 Å². The van der Waals surface area contributed by atoms with Crippen molar-refractivity contribution < 1.29 is 10.2 Å². The lowest BCUT2D eigenvalue weighted by atomic mass is 9.75. The second-order valence-electron chi connectivity index (χ2n) is 4.23. The highest BCUT2D eigenvalue weighted by molar-refractivity contribution is 5.47. The van der Waals surface area contributed by atoms with Crippen LogP contribution < -0.4 is 5.73 Å². The molecule has 0 spiro atoms. The summed E-state index contributed by atoms with van der Waals surface area (Å²) in [6, 6.07) is 5.85. The number of rotatable bonds is 2. The molecule has 2 unspecified atom stereocenters. The maximum absolute atomic E-state index is 9.38. The molecular weight excluding hydrogens is 190 g/mol. The highest BCUT2D eigenvalue weighted by atomic mass is 16.3. The van der Waals surface area contributed by atoms with E-state index < -0.39 is 0 Å². The number of benzene rings is 1. The molecule has 0 aliphatic heterocycles. The quantitative estimate of drug-likeness (QED) is 0.631. The summed E-state index contributed by atoms with van der Waals surface area (Å²) < 4.78 is 0. The largest absolute Gasteiger partial charge is 0.399 e. The van der Waals surface area contributed by atoms with E-state index in [4.69, 9.17) is 5.73 Å². The minimum atomic E-state index is 0.0437. The first-order valence-corrected chi connectivity index (χ1v) is 5.36. The van der Waals surface area contributed by atoms with Crippen LogP contribution in [0.1, 0.15) is 23.5 Å². The summed E-state index contributed by atoms with van der Waals surface area (Å²) in [4.78, 5) is 0. The summed E-state index contributed by atoms with van der Waals surface area (Å²) >= 11 is 0. The van der Waals surface area contributed by atoms with Gasteiger partial charge in [0.25, 0.3) is 0 Å². The topological polar surface area (TPSA) is 66.5 Å². The molecule has 1 aromatic carbocycles. The van der Waals surface area contributed by atoms with Crippen LogP contribution in [0, 0.1) is 5.92 Å². The van der Waals surface area contributed by atoms with Gasteiger partial charge < -0.3 is 15.9 Å². The van der Waals surface area contributed by atoms with Crippen molar-refractivity contribution in [2.75, 3.05) is 18.9 Å². The van der Waals surface area contributed by atoms with Crippen LogP contribution in [0.25, 0.3) is 0 Å². The number of aliphatic hydroxyl groups is 2. The molecule has 4 N–H and O–H groups in total. The molecule has 0 saturated carbocycles. The lowest BCUT2D eigenvalue weighted by molar-refractivity contribution is 0.146. The molecule has 3 heteroatoms. The second-order valence-corrected chi connectivity index (χ2v) is 4.23. The summed E-state index contributed by atoms with van der Waals surface area (Å²) in [6.45, 7) is 0.223. The van der Waals surface area contributed by atoms with Crippen molar-refractivity contribution in [2.45, 2.75) is 18.8 Å². The number of hydrogen-bond acceptors (Lipinski definition) is 3. The van der Waals surface area contributed by atoms with Gasteiger partial charge in [-0.3, -0.25) is 0 Å². The third kappa shape index (κ3) is 1.85. The Hall–Kier alpha value is -1.06. The van der Waals surface area contributed by atoms with Crippen LogP contribution in [0.15, 0.2) is 18.2 Å². The highest BCUT2D eigenvalue weighted by Crippen LogP contribution is 2.36. The zero-order valence-corrected chi connectivity index (χ0v) is 8.69. The molecule has 1 aliphatic rings. The van der Waals surface area contributed by atoms with Crippen molar-refractivity contribution in [1.82, 2.24) is 0 Å². The summed E-state index contributed by atoms with van der Waals surface area (Å²) in [5, 5.41) is 18.6. The molecule has 82 valence electrons. The van der Waals surface area contributed by atoms with Crippen molar-refractivity contribution in [3.63, 3.8) is 0 Å². The zero-order valence-electron chi connectivity index (χ0n) is 8.69. The van der Waals surface area contributed by atoms with Crippen LogP contribution >= 0.6 is 0 Å². The fourth-order valence-electron chi connectivity index (χ4n) is 2.45. The lowest BCUT2D eigenvalue weighted by Crippen LogP contribution is -2.26. The van der Waals surface area contributed by atoms with Crippen molar-refractivity contribution in [2.24, 2.45) is 5.92 Å². The molecule has 15 heavy (non-hydrogen) atoms. The lowest BCUT2D eigenvalue weighted by Gasteiger charge is -2.31. The van der Waals surface area contributed by atoms with E-state index in [0.717, 1.165) is 24.1 Å². The number of fused-ring (bicyclic) bond motifs is 1. The fraction of sp³-hybridized carbons (Fsp3) is 0.500. The zero-order chi connectivity index (χ0) is 10.8. The molecule has 0 bridgehead atoms. The fourth-order valence-corrected chi connectivity index (χ4v) is 2.45. The van der Waals surface area contributed by atoms with Gasteiger partial charge in [0.15, 0.2) is 0 Å². The van der Waals surface area contributed by atoms with Gasteiger partial charge in [-0.25, -0.2) is 0 Å². The van der Waals surface area contributed by atoms with Gasteiger partial charge in [-0.15, -0.1) is 0 Å². The predicted molar refractivity (Wildman–Crippen MR) is 59.6 cm³/mol. The van der Waals surface area contributed by atoms with Crippen LogP contribution in [0.4, 0.5) is 5.69 Å². The number of hydrogen-bond donors (Lipinski definition) is 3. The van der Waals surface area contributed by atoms with Crippen molar-refractivity contribution in [3.05, 3.63) is 29.3 Å². The number of nitrogen functional groups attached to an aromatic ring is 1. The molecular formula is C12H17NO2. The minimum Gasteiger partial charge on any atom is -0.399 e. The Morgan fingerprint density at radius 2 is 2.07 bits per heavy atom. The third-order valence-electron chi connectivity index (χ3n) is 3.35. The molecule has 0 saturated heterocycles. The van der Waals surface area contributed by atoms with Crippen molar-refractivity contribution in [3.8, 4) is 0 Å². The Kier molecular flexibility index (Phi) is 2.93. The van der Waals surface area contributed by atoms with Gasteiger partial charge in [-0.2, -0.15) is 0 Å². The van der Waals surface area contributed by atoms with E-state index >= 15 is 0 Å². The van der Waals surface area contributed by atoms with Gasteiger partial charge >= 0.3 is 0 Å². The molecule has 3 nitrogen and oxygen atoms in total. The SMILES string of the molecule is Nc1ccc2c(c1)C(CO)C(CO)CC2. The Balaban J connectivity index is 2.39. The maximum atomic E-state index is 9.38. The Morgan fingerprint density at radius 3 is 2.73 bits per heavy atom. The Morgan fingerprint density at radius 1 is 1.27 bits per heavy atom. The van der Waals surface area contributed by atoms with Crippen LogP contribution in [-0.4, -0.2) is 23.4 Å². The first kappa shape index (κ1) is 10.5. The van der Waals surface area contributed by atoms with E-state index in [9.17, 15) is 10.2 Å². The summed E-state index contributed by atoms with van der Waals surface area (Å²) in [5.41, 5.74) is 8.84. The minimum absolute atomic E-state index is 0.0437. The predicted octanol–water partition coefficient (Wildman–Crippen LogP) is 0.899. The van der Waals surface area contributed by atoms with Crippen LogP contribution in [0.2, 0.25) is 0 Å². The first-order chi connectivity index (χ1) is 7.26. The number of aryl methyl sites for hydroxylation is 1. The van der Waals surface area contributed by atoms with Crippen LogP contribution in [-0.2, 0) is 6.42 Å². The van der Waals surface area contributed by atoms with E-state index in [1.807, 2.05) is 18.2 Å². The normalized spacial score (nSPS) is 24.9. The van der Waals surface area contributed by atoms with E-state index in [1.165, 1.54) is 5.56 Å². The summed E-state index contributed by atoms with van der Waals surface area (Å²) in [5.74, 6) is 0.214. The van der Waals surface area contributed by atoms with Crippen molar-refractivity contribution in [1.29, 1.82) is 0 Å². The summed E-state index contributed by atoms with van der Waals surface area (Å²) in [6.07, 6.45) is 1.91. The van der Waals surface area contributed by atoms with E-state index in [-0.39, 0.29) is 25.0 Å². The monoisotopic (exact) mass is 207 g/mol. The van der Waals surface area contributed by atoms with Gasteiger partial charge in [0.2, 0.25) is 0 Å². The molecule has 1 aromatic rings. The van der Waals surface area contributed by atoms with Gasteiger partial charge in [0, 0.05) is 18.2 Å². The van der Waals surface area contributed by atoms with Gasteiger partial charge in [0.05, 0.1) is 6.61 Å². The Bertz CT molecular complexity index is 351. The third-order valence-corrected chi connectivity index (χ3v) is 3.35. The van der Waals surface area contributed by atoms with E-state index in [2.05, 4.69) is 0 Å². The number of anilines is 1. The first-order valence-electron chi connectivity index (χ1n) is 5.36. The molecule has 0 heterocycles. The maximum Gasteiger partial charge on any atom is 0.0503 e. The number of aliphatic hydroxyl groups excluding tert-OH is 2. The molecule has 0 fully saturated rings. The van der Waals surface area contributed by atoms with E-state index in [0.29, 0.717) is 0 Å². The number of nitrogens with two attached hydrogens (primary N) is 1. The molecule has 2 atom stereocenters.